The van der Waals surface area contributed by atoms with Crippen LogP contribution in [-0.2, 0) is 0 Å². The van der Waals surface area contributed by atoms with Gasteiger partial charge in [0.05, 0.1) is 0 Å². The zero-order chi connectivity index (χ0) is 11.1. The van der Waals surface area contributed by atoms with Crippen LogP contribution in [0.25, 0.3) is 0 Å². The highest BCUT2D eigenvalue weighted by Crippen LogP contribution is 2.25. The van der Waals surface area contributed by atoms with Gasteiger partial charge in [-0.2, -0.15) is 0 Å². The lowest BCUT2D eigenvalue weighted by Crippen LogP contribution is -2.24. The van der Waals surface area contributed by atoms with E-state index in [2.05, 4.69) is 5.32 Å². The number of nitrogens with one attached hydrogen (secondary N) is 1. The predicted molar refractivity (Wildman–Crippen MR) is 74.0 cm³/mol. The Kier molecular flexibility index (Phi) is 8.74. The van der Waals surface area contributed by atoms with Gasteiger partial charge in [0.2, 0.25) is 0 Å². The molecule has 0 aromatic carbocycles. The molecule has 0 saturated carbocycles. The molecule has 1 rings (SSSR count). The molecule has 1 heterocycles. The molecule has 6 heteroatoms. The molecule has 0 unspecified atom stereocenters. The van der Waals surface area contributed by atoms with Gasteiger partial charge in [-0.3, -0.25) is 4.79 Å². The fourth-order valence-corrected chi connectivity index (χ4v) is 2.84. The average molecular weight is 281 g/mol. The molecular formula is C10H17ClN2OS2. The van der Waals surface area contributed by atoms with Crippen LogP contribution in [-0.4, -0.2) is 25.3 Å². The SMILES string of the molecule is CSc1ccsc1C(=O)NCCCCN.Cl. The van der Waals surface area contributed by atoms with Gasteiger partial charge < -0.3 is 11.1 Å². The highest BCUT2D eigenvalue weighted by molar-refractivity contribution is 7.98. The van der Waals surface area contributed by atoms with Crippen LogP contribution in [0.1, 0.15) is 22.5 Å². The van der Waals surface area contributed by atoms with Crippen molar-refractivity contribution in [3.63, 3.8) is 0 Å². The zero-order valence-electron chi connectivity index (χ0n) is 9.19. The summed E-state index contributed by atoms with van der Waals surface area (Å²) >= 11 is 3.09. The van der Waals surface area contributed by atoms with Gasteiger partial charge in [0.15, 0.2) is 0 Å². The van der Waals surface area contributed by atoms with Crippen molar-refractivity contribution >= 4 is 41.4 Å². The first-order chi connectivity index (χ1) is 7.29. The summed E-state index contributed by atoms with van der Waals surface area (Å²) in [4.78, 5) is 13.6. The molecule has 1 amide bonds. The second-order valence-corrected chi connectivity index (χ2v) is 4.83. The number of thioether (sulfide) groups is 1. The number of unbranched alkanes of at least 4 members (excludes halogenated alkanes) is 1. The molecule has 0 spiro atoms. The maximum absolute atomic E-state index is 11.7. The number of carbonyl (C=O) groups is 1. The van der Waals surface area contributed by atoms with Crippen molar-refractivity contribution in [2.45, 2.75) is 17.7 Å². The van der Waals surface area contributed by atoms with Crippen LogP contribution in [0, 0.1) is 0 Å². The average Bonchev–Trinajstić information content (AvgIpc) is 2.72. The molecule has 3 nitrogen and oxygen atoms in total. The maximum Gasteiger partial charge on any atom is 0.262 e. The molecule has 3 N–H and O–H groups in total. The number of halogens is 1. The van der Waals surface area contributed by atoms with Crippen LogP contribution in [0.4, 0.5) is 0 Å². The van der Waals surface area contributed by atoms with Crippen LogP contribution >= 0.6 is 35.5 Å². The van der Waals surface area contributed by atoms with Crippen molar-refractivity contribution in [3.05, 3.63) is 16.3 Å². The molecule has 0 aliphatic heterocycles. The Labute approximate surface area is 111 Å². The van der Waals surface area contributed by atoms with Crippen molar-refractivity contribution < 1.29 is 4.79 Å². The van der Waals surface area contributed by atoms with E-state index < -0.39 is 0 Å². The summed E-state index contributed by atoms with van der Waals surface area (Å²) < 4.78 is 0. The van der Waals surface area contributed by atoms with Gasteiger partial charge in [-0.05, 0) is 37.1 Å². The lowest BCUT2D eigenvalue weighted by molar-refractivity contribution is 0.0954. The third-order valence-corrected chi connectivity index (χ3v) is 3.79. The number of amides is 1. The van der Waals surface area contributed by atoms with E-state index in [4.69, 9.17) is 5.73 Å². The Morgan fingerprint density at radius 3 is 2.94 bits per heavy atom. The molecular weight excluding hydrogens is 264 g/mol. The molecule has 0 aliphatic rings. The Morgan fingerprint density at radius 1 is 1.56 bits per heavy atom. The van der Waals surface area contributed by atoms with Gasteiger partial charge in [0.1, 0.15) is 4.88 Å². The minimum Gasteiger partial charge on any atom is -0.351 e. The first-order valence-corrected chi connectivity index (χ1v) is 6.99. The van der Waals surface area contributed by atoms with Gasteiger partial charge in [-0.15, -0.1) is 35.5 Å². The summed E-state index contributed by atoms with van der Waals surface area (Å²) in [7, 11) is 0. The second kappa shape index (κ2) is 8.87. The molecule has 1 aromatic rings. The number of carbonyl (C=O) groups excluding carboxylic acids is 1. The molecule has 0 radical (unpaired) electrons. The summed E-state index contributed by atoms with van der Waals surface area (Å²) in [6, 6.07) is 1.98. The monoisotopic (exact) mass is 280 g/mol. The maximum atomic E-state index is 11.7. The van der Waals surface area contributed by atoms with E-state index in [1.54, 1.807) is 11.8 Å². The summed E-state index contributed by atoms with van der Waals surface area (Å²) in [5.74, 6) is 0.0337. The van der Waals surface area contributed by atoms with Gasteiger partial charge in [0, 0.05) is 11.4 Å². The van der Waals surface area contributed by atoms with E-state index in [9.17, 15) is 4.79 Å². The van der Waals surface area contributed by atoms with Crippen molar-refractivity contribution in [2.24, 2.45) is 5.73 Å². The fourth-order valence-electron chi connectivity index (χ4n) is 1.18. The molecule has 0 saturated heterocycles. The third kappa shape index (κ3) is 4.74. The standard InChI is InChI=1S/C10H16N2OS2.ClH/c1-14-8-4-7-15-9(8)10(13)12-6-3-2-5-11;/h4,7H,2-3,5-6,11H2,1H3,(H,12,13);1H. The van der Waals surface area contributed by atoms with Crippen LogP contribution < -0.4 is 11.1 Å². The highest BCUT2D eigenvalue weighted by atomic mass is 35.5. The number of hydrogen-bond acceptors (Lipinski definition) is 4. The number of rotatable bonds is 6. The van der Waals surface area contributed by atoms with Crippen LogP contribution in [0.3, 0.4) is 0 Å². The molecule has 0 aliphatic carbocycles. The summed E-state index contributed by atoms with van der Waals surface area (Å²) in [5.41, 5.74) is 5.37. The Hall–Kier alpha value is -0.230. The first kappa shape index (κ1) is 15.8. The molecule has 0 bridgehead atoms. The molecule has 0 atom stereocenters. The Balaban J connectivity index is 0.00000225. The van der Waals surface area contributed by atoms with Crippen molar-refractivity contribution in [3.8, 4) is 0 Å². The molecule has 1 aromatic heterocycles. The molecule has 0 fully saturated rings. The van der Waals surface area contributed by atoms with Crippen molar-refractivity contribution in [1.29, 1.82) is 0 Å². The van der Waals surface area contributed by atoms with Crippen molar-refractivity contribution in [1.82, 2.24) is 5.32 Å². The quantitative estimate of drug-likeness (QED) is 0.621. The largest absolute Gasteiger partial charge is 0.351 e. The van der Waals surface area contributed by atoms with E-state index in [1.807, 2.05) is 17.7 Å². The normalized spacial score (nSPS) is 9.62. The predicted octanol–water partition coefficient (Wildman–Crippen LogP) is 2.36. The zero-order valence-corrected chi connectivity index (χ0v) is 11.6. The Morgan fingerprint density at radius 2 is 2.31 bits per heavy atom. The lowest BCUT2D eigenvalue weighted by Gasteiger charge is -2.04. The van der Waals surface area contributed by atoms with E-state index in [-0.39, 0.29) is 18.3 Å². The fraction of sp³-hybridized carbons (Fsp3) is 0.500. The van der Waals surface area contributed by atoms with Crippen LogP contribution in [0.15, 0.2) is 16.3 Å². The summed E-state index contributed by atoms with van der Waals surface area (Å²) in [6.45, 7) is 1.40. The van der Waals surface area contributed by atoms with E-state index in [0.717, 1.165) is 22.6 Å². The van der Waals surface area contributed by atoms with Gasteiger partial charge >= 0.3 is 0 Å². The van der Waals surface area contributed by atoms with Gasteiger partial charge in [-0.1, -0.05) is 0 Å². The van der Waals surface area contributed by atoms with Gasteiger partial charge in [-0.25, -0.2) is 0 Å². The topological polar surface area (TPSA) is 55.1 Å². The van der Waals surface area contributed by atoms with Crippen LogP contribution in [0.5, 0.6) is 0 Å². The van der Waals surface area contributed by atoms with Gasteiger partial charge in [0.25, 0.3) is 5.91 Å². The second-order valence-electron chi connectivity index (χ2n) is 3.07. The first-order valence-electron chi connectivity index (χ1n) is 4.89. The number of nitrogens with two attached hydrogens (primary N) is 1. The third-order valence-electron chi connectivity index (χ3n) is 1.97. The number of hydrogen-bond donors (Lipinski definition) is 2. The summed E-state index contributed by atoms with van der Waals surface area (Å²) in [5, 5.41) is 4.84. The Bertz CT molecular complexity index is 318. The minimum atomic E-state index is 0. The van der Waals surface area contributed by atoms with Crippen LogP contribution in [0.2, 0.25) is 0 Å². The number of thiophene rings is 1. The molecule has 92 valence electrons. The highest BCUT2D eigenvalue weighted by Gasteiger charge is 2.11. The van der Waals surface area contributed by atoms with Crippen molar-refractivity contribution in [2.75, 3.05) is 19.3 Å². The van der Waals surface area contributed by atoms with E-state index in [1.165, 1.54) is 11.3 Å². The smallest absolute Gasteiger partial charge is 0.262 e. The lowest BCUT2D eigenvalue weighted by atomic mass is 10.3. The van der Waals surface area contributed by atoms with E-state index in [0.29, 0.717) is 13.1 Å². The minimum absolute atomic E-state index is 0. The molecule has 16 heavy (non-hydrogen) atoms. The summed E-state index contributed by atoms with van der Waals surface area (Å²) in [6.07, 6.45) is 3.88. The van der Waals surface area contributed by atoms with E-state index >= 15 is 0 Å².